The molecule has 0 unspecified atom stereocenters. The molecule has 2 aromatic rings. The van der Waals surface area contributed by atoms with Gasteiger partial charge in [0.25, 0.3) is 0 Å². The minimum atomic E-state index is -0.636. The van der Waals surface area contributed by atoms with E-state index in [1.165, 1.54) is 12.1 Å². The highest BCUT2D eigenvalue weighted by Gasteiger charge is 2.15. The highest BCUT2D eigenvalue weighted by Crippen LogP contribution is 2.18. The smallest absolute Gasteiger partial charge is 0.305 e. The van der Waals surface area contributed by atoms with Crippen molar-refractivity contribution in [2.45, 2.75) is 13.2 Å². The van der Waals surface area contributed by atoms with Crippen LogP contribution in [0.5, 0.6) is 0 Å². The molecule has 7 nitrogen and oxygen atoms in total. The van der Waals surface area contributed by atoms with Crippen LogP contribution in [0.4, 0.5) is 11.5 Å². The first-order valence-corrected chi connectivity index (χ1v) is 6.12. The van der Waals surface area contributed by atoms with Crippen molar-refractivity contribution in [3.63, 3.8) is 0 Å². The molecule has 0 spiro atoms. The number of benzene rings is 1. The van der Waals surface area contributed by atoms with Crippen molar-refractivity contribution in [1.29, 1.82) is 5.26 Å². The number of rotatable bonds is 5. The number of nitriles is 1. The average Bonchev–Trinajstić information content (AvgIpc) is 2.52. The third kappa shape index (κ3) is 3.52. The molecule has 1 heterocycles. The van der Waals surface area contributed by atoms with E-state index in [4.69, 9.17) is 10.4 Å². The van der Waals surface area contributed by atoms with Gasteiger partial charge in [-0.15, -0.1) is 0 Å². The Bertz CT molecular complexity index is 692. The van der Waals surface area contributed by atoms with E-state index < -0.39 is 4.92 Å². The van der Waals surface area contributed by atoms with Crippen LogP contribution < -0.4 is 5.32 Å². The Morgan fingerprint density at radius 1 is 1.24 bits per heavy atom. The second kappa shape index (κ2) is 6.45. The molecule has 0 saturated carbocycles. The molecule has 106 valence electrons. The van der Waals surface area contributed by atoms with Crippen LogP contribution in [0.2, 0.25) is 0 Å². The fourth-order valence-corrected chi connectivity index (χ4v) is 1.73. The summed E-state index contributed by atoms with van der Waals surface area (Å²) in [5.74, 6) is 0.392. The van der Waals surface area contributed by atoms with E-state index in [2.05, 4.69) is 10.3 Å². The predicted octanol–water partition coefficient (Wildman–Crippen LogP) is 1.97. The lowest BCUT2D eigenvalue weighted by Crippen LogP contribution is -2.04. The van der Waals surface area contributed by atoms with Crippen molar-refractivity contribution in [3.8, 4) is 6.07 Å². The number of nitrogens with zero attached hydrogens (tertiary/aromatic N) is 3. The summed E-state index contributed by atoms with van der Waals surface area (Å²) in [6.07, 6.45) is 0. The Morgan fingerprint density at radius 2 is 1.90 bits per heavy atom. The highest BCUT2D eigenvalue weighted by atomic mass is 16.6. The topological polar surface area (TPSA) is 112 Å². The van der Waals surface area contributed by atoms with Crippen LogP contribution in [0.3, 0.4) is 0 Å². The largest absolute Gasteiger partial charge is 0.392 e. The number of nitro groups is 1. The Labute approximate surface area is 120 Å². The van der Waals surface area contributed by atoms with Gasteiger partial charge in [0, 0.05) is 12.6 Å². The van der Waals surface area contributed by atoms with Crippen LogP contribution in [-0.2, 0) is 13.2 Å². The summed E-state index contributed by atoms with van der Waals surface area (Å²) >= 11 is 0. The third-order valence-electron chi connectivity index (χ3n) is 2.86. The molecule has 2 N–H and O–H groups in total. The zero-order valence-corrected chi connectivity index (χ0v) is 11.0. The molecule has 7 heteroatoms. The summed E-state index contributed by atoms with van der Waals surface area (Å²) in [6, 6.07) is 11.7. The van der Waals surface area contributed by atoms with E-state index in [0.29, 0.717) is 12.4 Å². The first-order chi connectivity index (χ1) is 10.1. The zero-order chi connectivity index (χ0) is 15.2. The van der Waals surface area contributed by atoms with Crippen molar-refractivity contribution in [2.75, 3.05) is 5.32 Å². The van der Waals surface area contributed by atoms with Crippen LogP contribution in [0, 0.1) is 21.4 Å². The van der Waals surface area contributed by atoms with E-state index in [1.54, 1.807) is 18.2 Å². The second-order valence-electron chi connectivity index (χ2n) is 4.26. The Kier molecular flexibility index (Phi) is 4.43. The number of aliphatic hydroxyl groups excluding tert-OH is 1. The van der Waals surface area contributed by atoms with Gasteiger partial charge in [-0.25, -0.2) is 4.98 Å². The highest BCUT2D eigenvalue weighted by molar-refractivity contribution is 5.50. The van der Waals surface area contributed by atoms with Gasteiger partial charge >= 0.3 is 5.69 Å². The van der Waals surface area contributed by atoms with Gasteiger partial charge in [0.1, 0.15) is 11.9 Å². The van der Waals surface area contributed by atoms with Gasteiger partial charge in [0.2, 0.25) is 5.69 Å². The lowest BCUT2D eigenvalue weighted by atomic mass is 10.1. The minimum absolute atomic E-state index is 0.0108. The maximum absolute atomic E-state index is 10.7. The van der Waals surface area contributed by atoms with Gasteiger partial charge in [0.05, 0.1) is 11.5 Å². The van der Waals surface area contributed by atoms with E-state index in [0.717, 1.165) is 11.1 Å². The van der Waals surface area contributed by atoms with Gasteiger partial charge < -0.3 is 10.4 Å². The first kappa shape index (κ1) is 14.4. The van der Waals surface area contributed by atoms with Crippen LogP contribution in [0.15, 0.2) is 36.4 Å². The number of aliphatic hydroxyl groups is 1. The molecule has 0 bridgehead atoms. The Morgan fingerprint density at radius 3 is 2.48 bits per heavy atom. The number of hydrogen-bond donors (Lipinski definition) is 2. The summed E-state index contributed by atoms with van der Waals surface area (Å²) in [5, 5.41) is 31.5. The molecule has 2 rings (SSSR count). The maximum Gasteiger partial charge on any atom is 0.305 e. The average molecular weight is 284 g/mol. The molecule has 0 aliphatic heterocycles. The third-order valence-corrected chi connectivity index (χ3v) is 2.86. The molecule has 0 atom stereocenters. The molecular formula is C14H12N4O3. The fourth-order valence-electron chi connectivity index (χ4n) is 1.73. The van der Waals surface area contributed by atoms with Gasteiger partial charge in [-0.2, -0.15) is 5.26 Å². The fraction of sp³-hybridized carbons (Fsp3) is 0.143. The van der Waals surface area contributed by atoms with E-state index in [9.17, 15) is 10.1 Å². The summed E-state index contributed by atoms with van der Waals surface area (Å²) < 4.78 is 0. The van der Waals surface area contributed by atoms with Crippen LogP contribution in [0.25, 0.3) is 0 Å². The van der Waals surface area contributed by atoms with Crippen molar-refractivity contribution in [2.24, 2.45) is 0 Å². The SMILES string of the molecule is N#Cc1nc(NCc2ccc(CO)cc2)ccc1[N+](=O)[O-]. The quantitative estimate of drug-likeness (QED) is 0.641. The molecule has 0 amide bonds. The van der Waals surface area contributed by atoms with Gasteiger partial charge in [-0.05, 0) is 17.2 Å². The number of anilines is 1. The molecule has 0 fully saturated rings. The predicted molar refractivity (Wildman–Crippen MR) is 75.3 cm³/mol. The lowest BCUT2D eigenvalue weighted by molar-refractivity contribution is -0.385. The van der Waals surface area contributed by atoms with Crippen molar-refractivity contribution < 1.29 is 10.0 Å². The number of pyridine rings is 1. The molecule has 1 aromatic carbocycles. The Balaban J connectivity index is 2.09. The van der Waals surface area contributed by atoms with Crippen LogP contribution in [-0.4, -0.2) is 15.0 Å². The summed E-state index contributed by atoms with van der Waals surface area (Å²) in [5.41, 5.74) is 1.25. The van der Waals surface area contributed by atoms with Gasteiger partial charge in [-0.3, -0.25) is 10.1 Å². The number of aromatic nitrogens is 1. The van der Waals surface area contributed by atoms with Gasteiger partial charge in [0.15, 0.2) is 0 Å². The van der Waals surface area contributed by atoms with Crippen molar-refractivity contribution in [1.82, 2.24) is 4.98 Å². The van der Waals surface area contributed by atoms with Crippen molar-refractivity contribution >= 4 is 11.5 Å². The monoisotopic (exact) mass is 284 g/mol. The maximum atomic E-state index is 10.7. The molecular weight excluding hydrogens is 272 g/mol. The van der Waals surface area contributed by atoms with E-state index in [1.807, 2.05) is 12.1 Å². The van der Waals surface area contributed by atoms with Crippen LogP contribution >= 0.6 is 0 Å². The molecule has 0 radical (unpaired) electrons. The van der Waals surface area contributed by atoms with Gasteiger partial charge in [-0.1, -0.05) is 24.3 Å². The Hall–Kier alpha value is -2.98. The summed E-state index contributed by atoms with van der Waals surface area (Å²) in [7, 11) is 0. The normalized spacial score (nSPS) is 9.90. The lowest BCUT2D eigenvalue weighted by Gasteiger charge is -2.06. The molecule has 1 aromatic heterocycles. The minimum Gasteiger partial charge on any atom is -0.392 e. The second-order valence-corrected chi connectivity index (χ2v) is 4.26. The first-order valence-electron chi connectivity index (χ1n) is 6.12. The zero-order valence-electron chi connectivity index (χ0n) is 11.0. The number of nitrogens with one attached hydrogen (secondary N) is 1. The number of hydrogen-bond acceptors (Lipinski definition) is 6. The van der Waals surface area contributed by atoms with E-state index >= 15 is 0 Å². The molecule has 0 saturated heterocycles. The standard InChI is InChI=1S/C14H12N4O3/c15-7-12-13(18(20)21)5-6-14(17-12)16-8-10-1-3-11(9-19)4-2-10/h1-6,19H,8-9H2,(H,16,17). The molecule has 0 aliphatic rings. The van der Waals surface area contributed by atoms with E-state index in [-0.39, 0.29) is 18.0 Å². The summed E-state index contributed by atoms with van der Waals surface area (Å²) in [4.78, 5) is 14.0. The van der Waals surface area contributed by atoms with Crippen molar-refractivity contribution in [3.05, 3.63) is 63.3 Å². The van der Waals surface area contributed by atoms with Crippen LogP contribution in [0.1, 0.15) is 16.8 Å². The molecule has 21 heavy (non-hydrogen) atoms. The molecule has 0 aliphatic carbocycles. The summed E-state index contributed by atoms with van der Waals surface area (Å²) in [6.45, 7) is 0.449.